The van der Waals surface area contributed by atoms with Crippen LogP contribution in [0.5, 0.6) is 17.2 Å². The number of amidine groups is 1. The summed E-state index contributed by atoms with van der Waals surface area (Å²) in [6, 6.07) is 19.2. The maximum atomic E-state index is 13.6. The number of carbonyl (C=O) groups is 3. The number of ether oxygens (including phenoxy) is 4. The van der Waals surface area contributed by atoms with Gasteiger partial charge in [0.25, 0.3) is 0 Å². The van der Waals surface area contributed by atoms with Gasteiger partial charge in [0.1, 0.15) is 11.0 Å². The molecule has 0 saturated carbocycles. The molecular weight excluding hydrogens is 546 g/mol. The number of nitrogens with one attached hydrogen (secondary N) is 1. The monoisotopic (exact) mass is 575 g/mol. The van der Waals surface area contributed by atoms with Crippen molar-refractivity contribution in [1.82, 2.24) is 4.90 Å². The Morgan fingerprint density at radius 3 is 2.49 bits per heavy atom. The number of esters is 1. The van der Waals surface area contributed by atoms with Crippen LogP contribution >= 0.6 is 11.8 Å². The summed E-state index contributed by atoms with van der Waals surface area (Å²) in [7, 11) is 0. The van der Waals surface area contributed by atoms with Crippen LogP contribution in [-0.2, 0) is 20.9 Å². The number of thioether (sulfide) groups is 1. The van der Waals surface area contributed by atoms with Crippen molar-refractivity contribution >= 4 is 46.1 Å². The molecule has 41 heavy (non-hydrogen) atoms. The minimum Gasteiger partial charge on any atom is -0.494 e. The number of rotatable bonds is 10. The van der Waals surface area contributed by atoms with Crippen LogP contribution in [0.25, 0.3) is 0 Å². The predicted molar refractivity (Wildman–Crippen MR) is 155 cm³/mol. The lowest BCUT2D eigenvalue weighted by Crippen LogP contribution is -2.33. The van der Waals surface area contributed by atoms with Gasteiger partial charge in [-0.15, -0.1) is 0 Å². The van der Waals surface area contributed by atoms with E-state index in [-0.39, 0.29) is 38.2 Å². The summed E-state index contributed by atoms with van der Waals surface area (Å²) < 4.78 is 21.4. The summed E-state index contributed by atoms with van der Waals surface area (Å²) in [5, 5.41) is 2.64. The van der Waals surface area contributed by atoms with Crippen molar-refractivity contribution in [2.75, 3.05) is 25.3 Å². The number of hydrogen-bond acceptors (Lipinski definition) is 9. The standard InChI is InChI=1S/C30H29N3O7S/c1-3-37-23-12-10-21(11-13-23)31-27(34)16-26-28(35)33(17-19-5-14-24-25(15-19)40-18-39-24)30(41-26)32-22-8-6-20(7-9-22)29(36)38-4-2/h5-15,26H,3-4,16-18H2,1-2H3,(H,31,34). The Morgan fingerprint density at radius 2 is 1.76 bits per heavy atom. The van der Waals surface area contributed by atoms with E-state index in [1.807, 2.05) is 19.1 Å². The Hall–Kier alpha value is -4.51. The van der Waals surface area contributed by atoms with Crippen LogP contribution in [0.15, 0.2) is 71.7 Å². The minimum absolute atomic E-state index is 0.0326. The molecule has 3 aromatic rings. The summed E-state index contributed by atoms with van der Waals surface area (Å²) in [5.41, 5.74) is 2.41. The third-order valence-corrected chi connectivity index (χ3v) is 7.40. The average molecular weight is 576 g/mol. The van der Waals surface area contributed by atoms with E-state index in [0.717, 1.165) is 5.56 Å². The van der Waals surface area contributed by atoms with E-state index in [2.05, 4.69) is 5.32 Å². The molecule has 10 nitrogen and oxygen atoms in total. The van der Waals surface area contributed by atoms with Gasteiger partial charge in [-0.05, 0) is 80.1 Å². The van der Waals surface area contributed by atoms with Gasteiger partial charge in [0.2, 0.25) is 18.6 Å². The number of benzene rings is 3. The molecule has 0 radical (unpaired) electrons. The third-order valence-electron chi connectivity index (χ3n) is 6.22. The van der Waals surface area contributed by atoms with Crippen LogP contribution in [0, 0.1) is 0 Å². The number of anilines is 1. The summed E-state index contributed by atoms with van der Waals surface area (Å²) in [4.78, 5) is 44.8. The van der Waals surface area contributed by atoms with Gasteiger partial charge in [0.15, 0.2) is 16.7 Å². The molecule has 0 spiro atoms. The van der Waals surface area contributed by atoms with Crippen molar-refractivity contribution in [3.63, 3.8) is 0 Å². The number of amides is 2. The number of nitrogens with zero attached hydrogens (tertiary/aromatic N) is 2. The number of fused-ring (bicyclic) bond motifs is 1. The number of aliphatic imine (C=N–C) groups is 1. The van der Waals surface area contributed by atoms with E-state index in [9.17, 15) is 14.4 Å². The van der Waals surface area contributed by atoms with Gasteiger partial charge in [-0.2, -0.15) is 0 Å². The molecule has 0 bridgehead atoms. The third kappa shape index (κ3) is 6.80. The Kier molecular flexibility index (Phi) is 8.73. The van der Waals surface area contributed by atoms with Crippen molar-refractivity contribution in [2.24, 2.45) is 4.99 Å². The van der Waals surface area contributed by atoms with Crippen molar-refractivity contribution in [2.45, 2.75) is 32.1 Å². The van der Waals surface area contributed by atoms with Gasteiger partial charge in [-0.3, -0.25) is 14.5 Å². The molecule has 212 valence electrons. The molecule has 11 heteroatoms. The van der Waals surface area contributed by atoms with Crippen LogP contribution in [0.4, 0.5) is 11.4 Å². The van der Waals surface area contributed by atoms with Gasteiger partial charge in [0.05, 0.1) is 31.0 Å². The van der Waals surface area contributed by atoms with Gasteiger partial charge in [-0.1, -0.05) is 17.8 Å². The number of carbonyl (C=O) groups excluding carboxylic acids is 3. The summed E-state index contributed by atoms with van der Waals surface area (Å²) >= 11 is 1.23. The first kappa shape index (κ1) is 28.0. The first-order valence-electron chi connectivity index (χ1n) is 13.2. The zero-order chi connectivity index (χ0) is 28.8. The normalized spacial score (nSPS) is 16.6. The van der Waals surface area contributed by atoms with E-state index in [4.69, 9.17) is 23.9 Å². The highest BCUT2D eigenvalue weighted by Crippen LogP contribution is 2.36. The summed E-state index contributed by atoms with van der Waals surface area (Å²) in [6.45, 7) is 4.86. The molecule has 1 N–H and O–H groups in total. The van der Waals surface area contributed by atoms with Gasteiger partial charge in [0, 0.05) is 12.1 Å². The summed E-state index contributed by atoms with van der Waals surface area (Å²) in [5.74, 6) is 1.04. The average Bonchev–Trinajstić information content (AvgIpc) is 3.55. The highest BCUT2D eigenvalue weighted by atomic mass is 32.2. The fraction of sp³-hybridized carbons (Fsp3) is 0.267. The smallest absolute Gasteiger partial charge is 0.338 e. The summed E-state index contributed by atoms with van der Waals surface area (Å²) in [6.07, 6.45) is -0.0326. The molecule has 0 aliphatic carbocycles. The maximum Gasteiger partial charge on any atom is 0.338 e. The lowest BCUT2D eigenvalue weighted by Gasteiger charge is -2.17. The van der Waals surface area contributed by atoms with Crippen molar-refractivity contribution in [3.8, 4) is 17.2 Å². The second-order valence-electron chi connectivity index (χ2n) is 9.09. The van der Waals surface area contributed by atoms with E-state index in [1.54, 1.807) is 66.4 Å². The Morgan fingerprint density at radius 1 is 1.00 bits per heavy atom. The Bertz CT molecular complexity index is 1460. The minimum atomic E-state index is -0.663. The fourth-order valence-electron chi connectivity index (χ4n) is 4.27. The zero-order valence-electron chi connectivity index (χ0n) is 22.6. The predicted octanol–water partition coefficient (Wildman–Crippen LogP) is 5.15. The SMILES string of the molecule is CCOC(=O)c1ccc(N=C2SC(CC(=O)Nc3ccc(OCC)cc3)C(=O)N2Cc2ccc3c(c2)OCO3)cc1. The van der Waals surface area contributed by atoms with E-state index in [1.165, 1.54) is 11.8 Å². The highest BCUT2D eigenvalue weighted by molar-refractivity contribution is 8.15. The second-order valence-corrected chi connectivity index (χ2v) is 10.3. The van der Waals surface area contributed by atoms with Crippen LogP contribution in [-0.4, -0.2) is 53.1 Å². The second kappa shape index (κ2) is 12.8. The van der Waals surface area contributed by atoms with Crippen LogP contribution in [0.1, 0.15) is 36.2 Å². The molecular formula is C30H29N3O7S. The Labute approximate surface area is 241 Å². The van der Waals surface area contributed by atoms with Gasteiger partial charge < -0.3 is 24.3 Å². The lowest BCUT2D eigenvalue weighted by atomic mass is 10.1. The van der Waals surface area contributed by atoms with E-state index >= 15 is 0 Å². The van der Waals surface area contributed by atoms with E-state index < -0.39 is 11.2 Å². The first-order valence-corrected chi connectivity index (χ1v) is 14.1. The van der Waals surface area contributed by atoms with Crippen LogP contribution in [0.2, 0.25) is 0 Å². The molecule has 1 atom stereocenters. The first-order chi connectivity index (χ1) is 19.9. The largest absolute Gasteiger partial charge is 0.494 e. The molecule has 1 saturated heterocycles. The highest BCUT2D eigenvalue weighted by Gasteiger charge is 2.39. The van der Waals surface area contributed by atoms with Gasteiger partial charge >= 0.3 is 5.97 Å². The quantitative estimate of drug-likeness (QED) is 0.330. The zero-order valence-corrected chi connectivity index (χ0v) is 23.4. The Balaban J connectivity index is 1.34. The van der Waals surface area contributed by atoms with Crippen LogP contribution < -0.4 is 19.5 Å². The topological polar surface area (TPSA) is 116 Å². The molecule has 0 aromatic heterocycles. The fourth-order valence-corrected chi connectivity index (χ4v) is 5.43. The molecule has 1 unspecified atom stereocenters. The molecule has 2 amide bonds. The molecule has 3 aromatic carbocycles. The van der Waals surface area contributed by atoms with Crippen molar-refractivity contribution < 1.29 is 33.3 Å². The maximum absolute atomic E-state index is 13.6. The van der Waals surface area contributed by atoms with Crippen LogP contribution in [0.3, 0.4) is 0 Å². The van der Waals surface area contributed by atoms with Crippen molar-refractivity contribution in [3.05, 3.63) is 77.9 Å². The molecule has 2 aliphatic heterocycles. The van der Waals surface area contributed by atoms with Crippen molar-refractivity contribution in [1.29, 1.82) is 0 Å². The molecule has 5 rings (SSSR count). The molecule has 1 fully saturated rings. The van der Waals surface area contributed by atoms with Gasteiger partial charge in [-0.25, -0.2) is 9.79 Å². The van der Waals surface area contributed by atoms with E-state index in [0.29, 0.717) is 46.0 Å². The number of hydrogen-bond donors (Lipinski definition) is 1. The molecule has 2 aliphatic rings. The molecule has 2 heterocycles. The lowest BCUT2D eigenvalue weighted by molar-refractivity contribution is -0.128.